The average molecular weight is 271 g/mol. The number of hydrogen-bond donors (Lipinski definition) is 1. The molecule has 1 amide bonds. The van der Waals surface area contributed by atoms with Gasteiger partial charge in [-0.05, 0) is 5.56 Å². The number of carbonyl (C=O) groups is 1. The molecule has 0 aliphatic carbocycles. The van der Waals surface area contributed by atoms with E-state index in [1.165, 1.54) is 21.1 Å². The molecule has 6 heteroatoms. The van der Waals surface area contributed by atoms with Gasteiger partial charge in [-0.1, -0.05) is 30.3 Å². The van der Waals surface area contributed by atoms with E-state index >= 15 is 0 Å². The lowest BCUT2D eigenvalue weighted by molar-refractivity contribution is -0.119. The van der Waals surface area contributed by atoms with Crippen LogP contribution in [0, 0.1) is 0 Å². The maximum absolute atomic E-state index is 12.3. The molecule has 1 unspecified atom stereocenters. The summed E-state index contributed by atoms with van der Waals surface area (Å²) in [5.41, 5.74) is 0.950. The molecule has 1 N–H and O–H groups in total. The minimum absolute atomic E-state index is 0.273. The van der Waals surface area contributed by atoms with Gasteiger partial charge in [0.15, 0.2) is 0 Å². The van der Waals surface area contributed by atoms with E-state index in [4.69, 9.17) is 9.05 Å². The van der Waals surface area contributed by atoms with E-state index in [-0.39, 0.29) is 5.91 Å². The fourth-order valence-electron chi connectivity index (χ4n) is 1.64. The van der Waals surface area contributed by atoms with Gasteiger partial charge in [-0.2, -0.15) is 0 Å². The molecule has 1 aromatic carbocycles. The van der Waals surface area contributed by atoms with E-state index in [1.807, 2.05) is 30.3 Å². The van der Waals surface area contributed by atoms with Gasteiger partial charge in [-0.3, -0.25) is 9.36 Å². The Morgan fingerprint density at radius 3 is 2.28 bits per heavy atom. The number of nitrogens with one attached hydrogen (secondary N) is 1. The maximum atomic E-state index is 12.3. The van der Waals surface area contributed by atoms with Crippen molar-refractivity contribution < 1.29 is 18.4 Å². The maximum Gasteiger partial charge on any atom is 0.352 e. The van der Waals surface area contributed by atoms with Crippen molar-refractivity contribution in [2.75, 3.05) is 14.2 Å². The summed E-state index contributed by atoms with van der Waals surface area (Å²) >= 11 is 0. The minimum atomic E-state index is -3.34. The van der Waals surface area contributed by atoms with Crippen molar-refractivity contribution in [3.8, 4) is 0 Å². The quantitative estimate of drug-likeness (QED) is 0.805. The van der Waals surface area contributed by atoms with Crippen LogP contribution in [0.25, 0.3) is 0 Å². The van der Waals surface area contributed by atoms with Crippen LogP contribution in [0.2, 0.25) is 0 Å². The van der Waals surface area contributed by atoms with Crippen molar-refractivity contribution in [2.24, 2.45) is 0 Å². The van der Waals surface area contributed by atoms with Gasteiger partial charge in [0, 0.05) is 27.6 Å². The molecule has 0 heterocycles. The second kappa shape index (κ2) is 6.69. The molecule has 0 aliphatic rings. The van der Waals surface area contributed by atoms with E-state index < -0.39 is 13.4 Å². The molecule has 5 nitrogen and oxygen atoms in total. The number of rotatable bonds is 6. The molecule has 0 aliphatic heterocycles. The largest absolute Gasteiger partial charge is 0.352 e. The van der Waals surface area contributed by atoms with Crippen molar-refractivity contribution in [3.63, 3.8) is 0 Å². The lowest BCUT2D eigenvalue weighted by atomic mass is 10.1. The highest BCUT2D eigenvalue weighted by Gasteiger charge is 2.34. The molecule has 0 fully saturated rings. The van der Waals surface area contributed by atoms with Crippen molar-refractivity contribution >= 4 is 13.5 Å². The van der Waals surface area contributed by atoms with Crippen LogP contribution in [0.3, 0.4) is 0 Å². The van der Waals surface area contributed by atoms with Crippen LogP contribution in [0.5, 0.6) is 0 Å². The van der Waals surface area contributed by atoms with Gasteiger partial charge in [0.1, 0.15) is 5.78 Å². The second-order valence-corrected chi connectivity index (χ2v) is 6.24. The Morgan fingerprint density at radius 2 is 1.83 bits per heavy atom. The first kappa shape index (κ1) is 14.9. The molecule has 1 rings (SSSR count). The van der Waals surface area contributed by atoms with Crippen LogP contribution >= 0.6 is 7.60 Å². The summed E-state index contributed by atoms with van der Waals surface area (Å²) < 4.78 is 22.2. The van der Waals surface area contributed by atoms with E-state index in [0.29, 0.717) is 6.42 Å². The van der Waals surface area contributed by atoms with Gasteiger partial charge in [-0.25, -0.2) is 0 Å². The standard InChI is InChI=1S/C12H18NO4P/c1-10(14)13-12(18(15,16-2)17-3)9-11-7-5-4-6-8-11/h4-8,12H,9H2,1-3H3,(H,13,14). The Kier molecular flexibility index (Phi) is 5.54. The van der Waals surface area contributed by atoms with Gasteiger partial charge in [0.05, 0.1) is 0 Å². The van der Waals surface area contributed by atoms with Gasteiger partial charge < -0.3 is 14.4 Å². The van der Waals surface area contributed by atoms with Gasteiger partial charge >= 0.3 is 7.60 Å². The Labute approximate surface area is 107 Å². The zero-order chi connectivity index (χ0) is 13.6. The van der Waals surface area contributed by atoms with E-state index in [0.717, 1.165) is 5.56 Å². The van der Waals surface area contributed by atoms with Crippen LogP contribution in [-0.2, 0) is 24.8 Å². The molecule has 0 aromatic heterocycles. The highest BCUT2D eigenvalue weighted by Crippen LogP contribution is 2.51. The van der Waals surface area contributed by atoms with Crippen LogP contribution in [0.15, 0.2) is 30.3 Å². The molecule has 1 atom stereocenters. The number of hydrogen-bond acceptors (Lipinski definition) is 4. The summed E-state index contributed by atoms with van der Waals surface area (Å²) in [5, 5.41) is 2.62. The van der Waals surface area contributed by atoms with Crippen LogP contribution in [-0.4, -0.2) is 25.9 Å². The molecule has 0 saturated heterocycles. The van der Waals surface area contributed by atoms with E-state index in [2.05, 4.69) is 5.32 Å². The lowest BCUT2D eigenvalue weighted by Crippen LogP contribution is -2.35. The first-order chi connectivity index (χ1) is 8.51. The van der Waals surface area contributed by atoms with Crippen LogP contribution < -0.4 is 5.32 Å². The highest BCUT2D eigenvalue weighted by atomic mass is 31.2. The van der Waals surface area contributed by atoms with Crippen molar-refractivity contribution in [1.82, 2.24) is 5.32 Å². The summed E-state index contributed by atoms with van der Waals surface area (Å²) in [5.74, 6) is -0.961. The zero-order valence-corrected chi connectivity index (χ0v) is 11.6. The smallest absolute Gasteiger partial charge is 0.342 e. The monoisotopic (exact) mass is 271 g/mol. The molecule has 0 radical (unpaired) electrons. The molecular weight excluding hydrogens is 253 g/mol. The lowest BCUT2D eigenvalue weighted by Gasteiger charge is -2.24. The van der Waals surface area contributed by atoms with E-state index in [1.54, 1.807) is 0 Å². The fourth-order valence-corrected chi connectivity index (χ4v) is 3.08. The Morgan fingerprint density at radius 1 is 1.28 bits per heavy atom. The Balaban J connectivity index is 2.92. The van der Waals surface area contributed by atoms with Gasteiger partial charge in [-0.15, -0.1) is 0 Å². The predicted molar refractivity (Wildman–Crippen MR) is 69.4 cm³/mol. The number of benzene rings is 1. The summed E-state index contributed by atoms with van der Waals surface area (Å²) in [4.78, 5) is 11.2. The molecule has 0 spiro atoms. The summed E-state index contributed by atoms with van der Waals surface area (Å²) in [7, 11) is -0.723. The summed E-state index contributed by atoms with van der Waals surface area (Å²) in [6.07, 6.45) is 0.388. The zero-order valence-electron chi connectivity index (χ0n) is 10.8. The predicted octanol–water partition coefficient (Wildman–Crippen LogP) is 2.18. The summed E-state index contributed by atoms with van der Waals surface area (Å²) in [6.45, 7) is 1.37. The third-order valence-electron chi connectivity index (χ3n) is 2.53. The Bertz CT molecular complexity index is 427. The first-order valence-electron chi connectivity index (χ1n) is 5.54. The SMILES string of the molecule is COP(=O)(OC)C(Cc1ccccc1)NC(C)=O. The van der Waals surface area contributed by atoms with Crippen LogP contribution in [0.1, 0.15) is 12.5 Å². The second-order valence-electron chi connectivity index (χ2n) is 3.81. The Hall–Kier alpha value is -1.16. The molecule has 1 aromatic rings. The van der Waals surface area contributed by atoms with Crippen molar-refractivity contribution in [3.05, 3.63) is 35.9 Å². The van der Waals surface area contributed by atoms with Gasteiger partial charge in [0.25, 0.3) is 0 Å². The van der Waals surface area contributed by atoms with Crippen LogP contribution in [0.4, 0.5) is 0 Å². The number of carbonyl (C=O) groups excluding carboxylic acids is 1. The normalized spacial score (nSPS) is 13.1. The molecular formula is C12H18NO4P. The highest BCUT2D eigenvalue weighted by molar-refractivity contribution is 7.54. The average Bonchev–Trinajstić information content (AvgIpc) is 2.38. The third kappa shape index (κ3) is 3.95. The third-order valence-corrected chi connectivity index (χ3v) is 4.63. The molecule has 18 heavy (non-hydrogen) atoms. The molecule has 0 saturated carbocycles. The fraction of sp³-hybridized carbons (Fsp3) is 0.417. The summed E-state index contributed by atoms with van der Waals surface area (Å²) in [6, 6.07) is 9.44. The van der Waals surface area contributed by atoms with Gasteiger partial charge in [0.2, 0.25) is 5.91 Å². The molecule has 0 bridgehead atoms. The topological polar surface area (TPSA) is 64.6 Å². The van der Waals surface area contributed by atoms with E-state index in [9.17, 15) is 9.36 Å². The molecule has 100 valence electrons. The van der Waals surface area contributed by atoms with Crippen molar-refractivity contribution in [2.45, 2.75) is 19.1 Å². The minimum Gasteiger partial charge on any atom is -0.342 e. The van der Waals surface area contributed by atoms with Crippen molar-refractivity contribution in [1.29, 1.82) is 0 Å². The first-order valence-corrected chi connectivity index (χ1v) is 7.15. The number of amides is 1.